The fourth-order valence-corrected chi connectivity index (χ4v) is 2.44. The molecule has 2 aromatic rings. The minimum Gasteiger partial charge on any atom is -0.385 e. The lowest BCUT2D eigenvalue weighted by Gasteiger charge is -2.08. The van der Waals surface area contributed by atoms with Crippen LogP contribution in [0.25, 0.3) is 0 Å². The largest absolute Gasteiger partial charge is 0.385 e. The number of nitrogen functional groups attached to an aromatic ring is 1. The van der Waals surface area contributed by atoms with E-state index in [-0.39, 0.29) is 5.56 Å². The summed E-state index contributed by atoms with van der Waals surface area (Å²) in [6, 6.07) is 5.43. The minimum absolute atomic E-state index is 0.255. The van der Waals surface area contributed by atoms with E-state index in [0.29, 0.717) is 17.1 Å². The topological polar surface area (TPSA) is 63.8 Å². The fraction of sp³-hybridized carbons (Fsp3) is 0.200. The zero-order valence-corrected chi connectivity index (χ0v) is 10.1. The highest BCUT2D eigenvalue weighted by Gasteiger charge is 2.01. The summed E-state index contributed by atoms with van der Waals surface area (Å²) in [5, 5.41) is 2.03. The van der Waals surface area contributed by atoms with Gasteiger partial charge >= 0.3 is 0 Å². The van der Waals surface area contributed by atoms with E-state index in [1.165, 1.54) is 10.9 Å². The molecule has 16 heavy (non-hydrogen) atoms. The molecule has 4 nitrogen and oxygen atoms in total. The van der Waals surface area contributed by atoms with Crippen LogP contribution in [-0.4, -0.2) is 9.55 Å². The van der Waals surface area contributed by atoms with Gasteiger partial charge in [-0.1, -0.05) is 6.07 Å². The average Bonchev–Trinajstić information content (AvgIpc) is 2.68. The molecule has 0 spiro atoms. The first-order chi connectivity index (χ1) is 7.66. The molecule has 0 aromatic carbocycles. The number of H-pyrrole nitrogens is 1. The second kappa shape index (κ2) is 4.63. The van der Waals surface area contributed by atoms with Crippen molar-refractivity contribution in [3.63, 3.8) is 0 Å². The SMILES string of the molecule is Nc1cc(=O)[nH]c(=S)n1CCc1cccs1. The molecule has 0 amide bonds. The van der Waals surface area contributed by atoms with Crippen molar-refractivity contribution in [3.05, 3.63) is 43.6 Å². The molecular formula is C10H11N3OS2. The lowest BCUT2D eigenvalue weighted by molar-refractivity contribution is 0.677. The van der Waals surface area contributed by atoms with Crippen molar-refractivity contribution in [1.29, 1.82) is 0 Å². The van der Waals surface area contributed by atoms with Crippen molar-refractivity contribution in [1.82, 2.24) is 9.55 Å². The number of aromatic amines is 1. The van der Waals surface area contributed by atoms with Crippen LogP contribution in [0.2, 0.25) is 0 Å². The van der Waals surface area contributed by atoms with E-state index in [1.807, 2.05) is 11.4 Å². The maximum Gasteiger partial charge on any atom is 0.253 e. The average molecular weight is 253 g/mol. The molecule has 3 N–H and O–H groups in total. The Morgan fingerprint density at radius 1 is 1.56 bits per heavy atom. The van der Waals surface area contributed by atoms with Crippen molar-refractivity contribution < 1.29 is 0 Å². The third kappa shape index (κ3) is 2.40. The highest BCUT2D eigenvalue weighted by molar-refractivity contribution is 7.71. The van der Waals surface area contributed by atoms with Crippen molar-refractivity contribution >= 4 is 29.4 Å². The van der Waals surface area contributed by atoms with Crippen LogP contribution in [0.1, 0.15) is 4.88 Å². The van der Waals surface area contributed by atoms with Gasteiger partial charge in [0.1, 0.15) is 5.82 Å². The Hall–Kier alpha value is -1.40. The number of hydrogen-bond acceptors (Lipinski definition) is 4. The quantitative estimate of drug-likeness (QED) is 0.820. The van der Waals surface area contributed by atoms with Gasteiger partial charge in [0.25, 0.3) is 5.56 Å². The molecule has 2 rings (SSSR count). The van der Waals surface area contributed by atoms with E-state index < -0.39 is 0 Å². The normalized spacial score (nSPS) is 10.5. The van der Waals surface area contributed by atoms with Gasteiger partial charge < -0.3 is 10.3 Å². The van der Waals surface area contributed by atoms with Crippen LogP contribution in [0, 0.1) is 4.77 Å². The van der Waals surface area contributed by atoms with Crippen LogP contribution >= 0.6 is 23.6 Å². The smallest absolute Gasteiger partial charge is 0.253 e. The van der Waals surface area contributed by atoms with Crippen molar-refractivity contribution in [2.75, 3.05) is 5.73 Å². The Morgan fingerprint density at radius 3 is 3.00 bits per heavy atom. The lowest BCUT2D eigenvalue weighted by atomic mass is 10.3. The summed E-state index contributed by atoms with van der Waals surface area (Å²) >= 11 is 6.75. The van der Waals surface area contributed by atoms with Gasteiger partial charge in [0.2, 0.25) is 0 Å². The number of anilines is 1. The Labute approximate surface area is 101 Å². The molecule has 84 valence electrons. The summed E-state index contributed by atoms with van der Waals surface area (Å²) in [6.45, 7) is 0.682. The molecule has 0 bridgehead atoms. The summed E-state index contributed by atoms with van der Waals surface area (Å²) < 4.78 is 2.11. The second-order valence-electron chi connectivity index (χ2n) is 3.34. The highest BCUT2D eigenvalue weighted by atomic mass is 32.1. The van der Waals surface area contributed by atoms with Gasteiger partial charge in [-0.05, 0) is 30.1 Å². The Morgan fingerprint density at radius 2 is 2.38 bits per heavy atom. The maximum atomic E-state index is 11.1. The molecule has 0 aliphatic carbocycles. The second-order valence-corrected chi connectivity index (χ2v) is 4.76. The number of nitrogens with two attached hydrogens (primary N) is 1. The number of nitrogens with one attached hydrogen (secondary N) is 1. The number of aryl methyl sites for hydroxylation is 1. The lowest BCUT2D eigenvalue weighted by Crippen LogP contribution is -2.17. The van der Waals surface area contributed by atoms with Crippen LogP contribution < -0.4 is 11.3 Å². The molecule has 2 heterocycles. The summed E-state index contributed by atoms with van der Waals surface area (Å²) in [5.74, 6) is 0.408. The van der Waals surface area contributed by atoms with Crippen LogP contribution in [0.4, 0.5) is 5.82 Å². The van der Waals surface area contributed by atoms with Gasteiger partial charge in [-0.25, -0.2) is 0 Å². The predicted octanol–water partition coefficient (Wildman–Crippen LogP) is 1.79. The van der Waals surface area contributed by atoms with Crippen molar-refractivity contribution in [3.8, 4) is 0 Å². The fourth-order valence-electron chi connectivity index (χ4n) is 1.45. The van der Waals surface area contributed by atoms with E-state index in [0.717, 1.165) is 6.42 Å². The number of hydrogen-bond donors (Lipinski definition) is 2. The molecule has 0 fully saturated rings. The van der Waals surface area contributed by atoms with Gasteiger partial charge in [-0.2, -0.15) is 0 Å². The third-order valence-electron chi connectivity index (χ3n) is 2.23. The maximum absolute atomic E-state index is 11.1. The number of thiophene rings is 1. The van der Waals surface area contributed by atoms with Gasteiger partial charge in [-0.15, -0.1) is 11.3 Å². The number of rotatable bonds is 3. The summed E-state index contributed by atoms with van der Waals surface area (Å²) in [4.78, 5) is 14.9. The van der Waals surface area contributed by atoms with Gasteiger partial charge in [-0.3, -0.25) is 9.78 Å². The first-order valence-corrected chi connectivity index (χ1v) is 6.07. The third-order valence-corrected chi connectivity index (χ3v) is 3.49. The van der Waals surface area contributed by atoms with Gasteiger partial charge in [0.15, 0.2) is 4.77 Å². The molecule has 0 atom stereocenters. The van der Waals surface area contributed by atoms with E-state index >= 15 is 0 Å². The number of aromatic nitrogens is 2. The highest BCUT2D eigenvalue weighted by Crippen LogP contribution is 2.11. The molecule has 0 aliphatic rings. The monoisotopic (exact) mass is 253 g/mol. The summed E-state index contributed by atoms with van der Waals surface area (Å²) in [6.07, 6.45) is 0.863. The van der Waals surface area contributed by atoms with Crippen LogP contribution in [0.15, 0.2) is 28.4 Å². The summed E-state index contributed by atoms with van der Waals surface area (Å²) in [7, 11) is 0. The Balaban J connectivity index is 2.22. The minimum atomic E-state index is -0.255. The van der Waals surface area contributed by atoms with Gasteiger partial charge in [0.05, 0.1) is 0 Å². The van der Waals surface area contributed by atoms with Gasteiger partial charge in [0, 0.05) is 17.5 Å². The molecule has 0 saturated carbocycles. The van der Waals surface area contributed by atoms with Crippen LogP contribution in [-0.2, 0) is 13.0 Å². The molecule has 2 aromatic heterocycles. The van der Waals surface area contributed by atoms with E-state index in [4.69, 9.17) is 18.0 Å². The predicted molar refractivity (Wildman–Crippen MR) is 68.3 cm³/mol. The Kier molecular flexibility index (Phi) is 3.21. The number of nitrogens with zero attached hydrogens (tertiary/aromatic N) is 1. The van der Waals surface area contributed by atoms with E-state index in [9.17, 15) is 4.79 Å². The van der Waals surface area contributed by atoms with Crippen LogP contribution in [0.3, 0.4) is 0 Å². The molecular weight excluding hydrogens is 242 g/mol. The Bertz CT molecular complexity index is 583. The van der Waals surface area contributed by atoms with Crippen molar-refractivity contribution in [2.45, 2.75) is 13.0 Å². The van der Waals surface area contributed by atoms with E-state index in [1.54, 1.807) is 15.9 Å². The molecule has 6 heteroatoms. The zero-order chi connectivity index (χ0) is 11.5. The first-order valence-electron chi connectivity index (χ1n) is 4.79. The standard InChI is InChI=1S/C10H11N3OS2/c11-8-6-9(14)12-10(15)13(8)4-3-7-2-1-5-16-7/h1-2,5-6H,3-4,11H2,(H,12,14,15). The zero-order valence-electron chi connectivity index (χ0n) is 8.47. The molecule has 0 aliphatic heterocycles. The van der Waals surface area contributed by atoms with E-state index in [2.05, 4.69) is 11.1 Å². The molecule has 0 unspecified atom stereocenters. The summed E-state index contributed by atoms with van der Waals surface area (Å²) in [5.41, 5.74) is 5.49. The molecule has 0 saturated heterocycles. The molecule has 0 radical (unpaired) electrons. The van der Waals surface area contributed by atoms with Crippen LogP contribution in [0.5, 0.6) is 0 Å². The first kappa shape index (κ1) is 11.1. The van der Waals surface area contributed by atoms with Crippen molar-refractivity contribution in [2.24, 2.45) is 0 Å².